The largest absolute Gasteiger partial charge is 0.339 e. The van der Waals surface area contributed by atoms with Crippen molar-refractivity contribution < 1.29 is 4.79 Å². The average molecular weight is 279 g/mol. The summed E-state index contributed by atoms with van der Waals surface area (Å²) in [6.45, 7) is 6.79. The number of nitrogens with zero attached hydrogens (tertiary/aromatic N) is 4. The zero-order valence-corrected chi connectivity index (χ0v) is 12.7. The Morgan fingerprint density at radius 2 is 2.15 bits per heavy atom. The van der Waals surface area contributed by atoms with Crippen molar-refractivity contribution in [1.29, 1.82) is 0 Å². The predicted molar refractivity (Wildman–Crippen MR) is 78.4 cm³/mol. The van der Waals surface area contributed by atoms with Crippen LogP contribution in [0.1, 0.15) is 18.2 Å². The van der Waals surface area contributed by atoms with Crippen molar-refractivity contribution in [3.8, 4) is 0 Å². The fraction of sp³-hybridized carbons (Fsp3) is 0.714. The molecule has 1 saturated heterocycles. The molecule has 0 spiro atoms. The van der Waals surface area contributed by atoms with Crippen LogP contribution in [-0.2, 0) is 24.8 Å². The van der Waals surface area contributed by atoms with E-state index >= 15 is 0 Å². The van der Waals surface area contributed by atoms with Crippen LogP contribution in [0, 0.1) is 0 Å². The van der Waals surface area contributed by atoms with E-state index in [0.29, 0.717) is 6.54 Å². The highest BCUT2D eigenvalue weighted by Crippen LogP contribution is 2.10. The highest BCUT2D eigenvalue weighted by Gasteiger charge is 2.18. The van der Waals surface area contributed by atoms with Crippen molar-refractivity contribution in [3.63, 3.8) is 0 Å². The highest BCUT2D eigenvalue weighted by atomic mass is 16.2. The molecule has 0 bridgehead atoms. The number of hydrogen-bond acceptors (Lipinski definition) is 4. The number of aryl methyl sites for hydroxylation is 2. The summed E-state index contributed by atoms with van der Waals surface area (Å²) in [6, 6.07) is 0. The first kappa shape index (κ1) is 15.0. The van der Waals surface area contributed by atoms with Gasteiger partial charge in [-0.1, -0.05) is 6.92 Å². The quantitative estimate of drug-likeness (QED) is 0.814. The molecule has 6 nitrogen and oxygen atoms in total. The summed E-state index contributed by atoms with van der Waals surface area (Å²) in [5.74, 6) is 0.218. The van der Waals surface area contributed by atoms with Crippen LogP contribution < -0.4 is 5.32 Å². The van der Waals surface area contributed by atoms with E-state index in [1.54, 1.807) is 0 Å². The lowest BCUT2D eigenvalue weighted by atomic mass is 10.2. The lowest BCUT2D eigenvalue weighted by Crippen LogP contribution is -2.49. The molecule has 0 unspecified atom stereocenters. The van der Waals surface area contributed by atoms with Crippen molar-refractivity contribution in [3.05, 3.63) is 17.5 Å². The highest BCUT2D eigenvalue weighted by molar-refractivity contribution is 5.78. The van der Waals surface area contributed by atoms with Gasteiger partial charge in [0.1, 0.15) is 0 Å². The molecular weight excluding hydrogens is 254 g/mol. The monoisotopic (exact) mass is 279 g/mol. The van der Waals surface area contributed by atoms with Gasteiger partial charge in [-0.3, -0.25) is 14.4 Å². The number of likely N-dealkylation sites (N-methyl/N-ethyl adjacent to an activating group) is 1. The van der Waals surface area contributed by atoms with Crippen molar-refractivity contribution in [2.45, 2.75) is 19.9 Å². The minimum absolute atomic E-state index is 0.218. The van der Waals surface area contributed by atoms with E-state index in [4.69, 9.17) is 0 Å². The van der Waals surface area contributed by atoms with Gasteiger partial charge in [0.25, 0.3) is 0 Å². The Bertz CT molecular complexity index is 450. The summed E-state index contributed by atoms with van der Waals surface area (Å²) in [5, 5.41) is 7.70. The predicted octanol–water partition coefficient (Wildman–Crippen LogP) is -0.154. The fourth-order valence-electron chi connectivity index (χ4n) is 2.61. The molecule has 0 atom stereocenters. The maximum atomic E-state index is 12.2. The Labute approximate surface area is 120 Å². The number of carbonyl (C=O) groups is 1. The number of carbonyl (C=O) groups excluding carboxylic acids is 1. The fourth-order valence-corrected chi connectivity index (χ4v) is 2.61. The molecule has 1 aliphatic heterocycles. The third-order valence-corrected chi connectivity index (χ3v) is 3.64. The molecule has 1 aliphatic rings. The van der Waals surface area contributed by atoms with Gasteiger partial charge >= 0.3 is 0 Å². The van der Waals surface area contributed by atoms with Gasteiger partial charge in [0, 0.05) is 51.5 Å². The molecule has 1 amide bonds. The standard InChI is InChI=1S/C14H25N5O/c1-4-13-12(10-18(3)16-13)9-17(2)11-14(20)19-7-5-15-6-8-19/h10,15H,4-9,11H2,1-3H3. The Hall–Kier alpha value is -1.40. The topological polar surface area (TPSA) is 53.4 Å². The Balaban J connectivity index is 1.87. The summed E-state index contributed by atoms with van der Waals surface area (Å²) < 4.78 is 1.85. The van der Waals surface area contributed by atoms with Crippen LogP contribution in [0.4, 0.5) is 0 Å². The van der Waals surface area contributed by atoms with Gasteiger partial charge in [-0.25, -0.2) is 0 Å². The van der Waals surface area contributed by atoms with Gasteiger partial charge in [-0.2, -0.15) is 5.10 Å². The number of piperazine rings is 1. The molecule has 6 heteroatoms. The van der Waals surface area contributed by atoms with Crippen molar-refractivity contribution >= 4 is 5.91 Å². The third-order valence-electron chi connectivity index (χ3n) is 3.64. The lowest BCUT2D eigenvalue weighted by Gasteiger charge is -2.29. The van der Waals surface area contributed by atoms with Crippen molar-refractivity contribution in [2.75, 3.05) is 39.8 Å². The molecule has 0 saturated carbocycles. The van der Waals surface area contributed by atoms with Crippen molar-refractivity contribution in [1.82, 2.24) is 24.9 Å². The van der Waals surface area contributed by atoms with Gasteiger partial charge in [-0.15, -0.1) is 0 Å². The number of aromatic nitrogens is 2. The van der Waals surface area contributed by atoms with E-state index in [2.05, 4.69) is 22.2 Å². The maximum absolute atomic E-state index is 12.2. The first-order chi connectivity index (χ1) is 9.60. The molecule has 112 valence electrons. The maximum Gasteiger partial charge on any atom is 0.236 e. The SMILES string of the molecule is CCc1nn(C)cc1CN(C)CC(=O)N1CCNCC1. The summed E-state index contributed by atoms with van der Waals surface area (Å²) >= 11 is 0. The molecule has 0 aliphatic carbocycles. The lowest BCUT2D eigenvalue weighted by molar-refractivity contribution is -0.132. The van der Waals surface area contributed by atoms with E-state index in [1.165, 1.54) is 5.56 Å². The van der Waals surface area contributed by atoms with Crippen molar-refractivity contribution in [2.24, 2.45) is 7.05 Å². The van der Waals surface area contributed by atoms with E-state index in [-0.39, 0.29) is 5.91 Å². The summed E-state index contributed by atoms with van der Waals surface area (Å²) in [7, 11) is 3.93. The van der Waals surface area contributed by atoms with E-state index in [0.717, 1.165) is 44.8 Å². The number of amides is 1. The molecule has 2 rings (SSSR count). The van der Waals surface area contributed by atoms with Crippen LogP contribution in [-0.4, -0.2) is 65.3 Å². The third kappa shape index (κ3) is 3.80. The van der Waals surface area contributed by atoms with Crippen LogP contribution in [0.2, 0.25) is 0 Å². The Morgan fingerprint density at radius 1 is 1.45 bits per heavy atom. The second kappa shape index (κ2) is 6.85. The zero-order chi connectivity index (χ0) is 14.5. The van der Waals surface area contributed by atoms with Gasteiger partial charge in [0.15, 0.2) is 0 Å². The average Bonchev–Trinajstić information content (AvgIpc) is 2.79. The smallest absolute Gasteiger partial charge is 0.236 e. The summed E-state index contributed by atoms with van der Waals surface area (Å²) in [5.41, 5.74) is 2.33. The minimum Gasteiger partial charge on any atom is -0.339 e. The Morgan fingerprint density at radius 3 is 2.80 bits per heavy atom. The molecule has 1 fully saturated rings. The zero-order valence-electron chi connectivity index (χ0n) is 12.7. The first-order valence-corrected chi connectivity index (χ1v) is 7.28. The summed E-state index contributed by atoms with van der Waals surface area (Å²) in [6.07, 6.45) is 2.97. The van der Waals surface area contributed by atoms with E-state index in [1.807, 2.05) is 29.9 Å². The number of rotatable bonds is 5. The van der Waals surface area contributed by atoms with Crippen LogP contribution in [0.25, 0.3) is 0 Å². The van der Waals surface area contributed by atoms with Gasteiger partial charge in [0.2, 0.25) is 5.91 Å². The summed E-state index contributed by atoms with van der Waals surface area (Å²) in [4.78, 5) is 16.2. The molecule has 1 aromatic heterocycles. The molecule has 2 heterocycles. The second-order valence-corrected chi connectivity index (χ2v) is 5.43. The Kier molecular flexibility index (Phi) is 5.14. The molecule has 0 aromatic carbocycles. The van der Waals surface area contributed by atoms with E-state index < -0.39 is 0 Å². The normalized spacial score (nSPS) is 15.9. The van der Waals surface area contributed by atoms with Crippen LogP contribution in [0.3, 0.4) is 0 Å². The van der Waals surface area contributed by atoms with E-state index in [9.17, 15) is 4.79 Å². The minimum atomic E-state index is 0.218. The number of hydrogen-bond donors (Lipinski definition) is 1. The molecule has 1 N–H and O–H groups in total. The molecule has 1 aromatic rings. The second-order valence-electron chi connectivity index (χ2n) is 5.43. The van der Waals surface area contributed by atoms with Crippen LogP contribution in [0.5, 0.6) is 0 Å². The van der Waals surface area contributed by atoms with Gasteiger partial charge in [0.05, 0.1) is 12.2 Å². The number of nitrogens with one attached hydrogen (secondary N) is 1. The van der Waals surface area contributed by atoms with Crippen LogP contribution >= 0.6 is 0 Å². The first-order valence-electron chi connectivity index (χ1n) is 7.28. The van der Waals surface area contributed by atoms with Crippen LogP contribution in [0.15, 0.2) is 6.20 Å². The van der Waals surface area contributed by atoms with Gasteiger partial charge in [-0.05, 0) is 13.5 Å². The van der Waals surface area contributed by atoms with Gasteiger partial charge < -0.3 is 10.2 Å². The molecular formula is C14H25N5O. The molecule has 20 heavy (non-hydrogen) atoms. The molecule has 0 radical (unpaired) electrons.